The molecule has 0 aliphatic carbocycles. The number of carbonyl (C=O) groups is 3. The number of amides is 3. The van der Waals surface area contributed by atoms with E-state index < -0.39 is 23.6 Å². The molecule has 0 spiro atoms. The maximum absolute atomic E-state index is 13.1. The number of hydrogen-bond donors (Lipinski definition) is 2. The Balaban J connectivity index is 5.51. The largest absolute Gasteiger partial charge is 0.390 e. The zero-order valence-electron chi connectivity index (χ0n) is 17.3. The van der Waals surface area contributed by atoms with Gasteiger partial charge in [-0.15, -0.1) is 0 Å². The summed E-state index contributed by atoms with van der Waals surface area (Å²) in [5, 5.41) is 10.0. The molecule has 0 bridgehead atoms. The Morgan fingerprint density at radius 3 is 1.96 bits per heavy atom. The average Bonchev–Trinajstić information content (AvgIpc) is 2.50. The lowest BCUT2D eigenvalue weighted by Gasteiger charge is -2.36. The molecule has 8 nitrogen and oxygen atoms in total. The van der Waals surface area contributed by atoms with Gasteiger partial charge in [-0.1, -0.05) is 6.92 Å². The third-order valence-corrected chi connectivity index (χ3v) is 4.30. The number of nitrogens with two attached hydrogens (primary N) is 1. The van der Waals surface area contributed by atoms with E-state index in [1.54, 1.807) is 20.9 Å². The monoisotopic (exact) mass is 372 g/mol. The summed E-state index contributed by atoms with van der Waals surface area (Å²) in [6.45, 7) is 5.63. The molecule has 3 N–H and O–H groups in total. The smallest absolute Gasteiger partial charge is 0.245 e. The first-order chi connectivity index (χ1) is 11.8. The number of primary amides is 1. The predicted octanol–water partition coefficient (Wildman–Crippen LogP) is 0.0385. The van der Waals surface area contributed by atoms with Crippen molar-refractivity contribution in [3.05, 3.63) is 0 Å². The summed E-state index contributed by atoms with van der Waals surface area (Å²) >= 11 is 0. The van der Waals surface area contributed by atoms with Crippen molar-refractivity contribution in [1.29, 1.82) is 0 Å². The van der Waals surface area contributed by atoms with Gasteiger partial charge in [0.05, 0.1) is 5.60 Å². The van der Waals surface area contributed by atoms with E-state index in [-0.39, 0.29) is 18.2 Å². The van der Waals surface area contributed by atoms with Gasteiger partial charge in [0.25, 0.3) is 0 Å². The minimum absolute atomic E-state index is 0.0254. The van der Waals surface area contributed by atoms with Crippen LogP contribution in [-0.2, 0) is 14.4 Å². The van der Waals surface area contributed by atoms with Gasteiger partial charge >= 0.3 is 0 Å². The van der Waals surface area contributed by atoms with Gasteiger partial charge in [0.15, 0.2) is 0 Å². The average molecular weight is 373 g/mol. The molecule has 26 heavy (non-hydrogen) atoms. The van der Waals surface area contributed by atoms with Crippen LogP contribution in [0.15, 0.2) is 0 Å². The second-order valence-electron chi connectivity index (χ2n) is 7.75. The number of hydrogen-bond acceptors (Lipinski definition) is 5. The van der Waals surface area contributed by atoms with Gasteiger partial charge in [0, 0.05) is 26.9 Å². The van der Waals surface area contributed by atoms with Crippen molar-refractivity contribution in [2.45, 2.75) is 64.1 Å². The van der Waals surface area contributed by atoms with E-state index in [0.717, 1.165) is 0 Å². The predicted molar refractivity (Wildman–Crippen MR) is 101 cm³/mol. The summed E-state index contributed by atoms with van der Waals surface area (Å²) in [5.41, 5.74) is 4.30. The SMILES string of the molecule is CCCC(=O)N(C)[C@@H](CCN(C)C)C(=O)N(C)[C@@H](CC(C)(C)O)C(N)=O. The van der Waals surface area contributed by atoms with Gasteiger partial charge in [-0.05, 0) is 47.3 Å². The third kappa shape index (κ3) is 8.14. The Labute approximate surface area is 157 Å². The maximum atomic E-state index is 13.1. The first-order valence-corrected chi connectivity index (χ1v) is 9.00. The van der Waals surface area contributed by atoms with E-state index in [4.69, 9.17) is 5.73 Å². The van der Waals surface area contributed by atoms with Crippen LogP contribution in [0.3, 0.4) is 0 Å². The first kappa shape index (κ1) is 24.3. The Bertz CT molecular complexity index is 488. The van der Waals surface area contributed by atoms with E-state index in [2.05, 4.69) is 0 Å². The fourth-order valence-corrected chi connectivity index (χ4v) is 2.72. The van der Waals surface area contributed by atoms with Gasteiger partial charge in [0.2, 0.25) is 17.7 Å². The second kappa shape index (κ2) is 10.5. The Hall–Kier alpha value is -1.67. The van der Waals surface area contributed by atoms with Gasteiger partial charge in [-0.2, -0.15) is 0 Å². The summed E-state index contributed by atoms with van der Waals surface area (Å²) in [5.74, 6) is -1.15. The highest BCUT2D eigenvalue weighted by Gasteiger charge is 2.36. The highest BCUT2D eigenvalue weighted by molar-refractivity contribution is 5.91. The zero-order chi connectivity index (χ0) is 20.7. The van der Waals surface area contributed by atoms with Crippen molar-refractivity contribution < 1.29 is 19.5 Å². The van der Waals surface area contributed by atoms with Crippen molar-refractivity contribution in [2.75, 3.05) is 34.7 Å². The quantitative estimate of drug-likeness (QED) is 0.532. The summed E-state index contributed by atoms with van der Waals surface area (Å²) in [7, 11) is 6.88. The van der Waals surface area contributed by atoms with E-state index in [0.29, 0.717) is 25.8 Å². The number of nitrogens with zero attached hydrogens (tertiary/aromatic N) is 3. The van der Waals surface area contributed by atoms with Crippen LogP contribution in [0.25, 0.3) is 0 Å². The molecule has 3 amide bonds. The molecular formula is C18H36N4O4. The molecule has 0 heterocycles. The van der Waals surface area contributed by atoms with E-state index >= 15 is 0 Å². The van der Waals surface area contributed by atoms with Crippen LogP contribution in [0.1, 0.15) is 46.5 Å². The molecule has 0 saturated heterocycles. The molecule has 0 unspecified atom stereocenters. The Kier molecular flexibility index (Phi) is 9.80. The lowest BCUT2D eigenvalue weighted by Crippen LogP contribution is -2.55. The lowest BCUT2D eigenvalue weighted by molar-refractivity contribution is -0.148. The molecule has 0 rings (SSSR count). The molecule has 0 saturated carbocycles. The van der Waals surface area contributed by atoms with E-state index in [1.165, 1.54) is 16.8 Å². The molecule has 2 atom stereocenters. The molecule has 8 heteroatoms. The van der Waals surface area contributed by atoms with Crippen LogP contribution in [0, 0.1) is 0 Å². The fourth-order valence-electron chi connectivity index (χ4n) is 2.72. The highest BCUT2D eigenvalue weighted by atomic mass is 16.3. The zero-order valence-corrected chi connectivity index (χ0v) is 17.3. The van der Waals surface area contributed by atoms with Crippen molar-refractivity contribution >= 4 is 17.7 Å². The van der Waals surface area contributed by atoms with Gasteiger partial charge in [-0.3, -0.25) is 14.4 Å². The van der Waals surface area contributed by atoms with Crippen LogP contribution in [0.5, 0.6) is 0 Å². The van der Waals surface area contributed by atoms with Crippen molar-refractivity contribution in [3.63, 3.8) is 0 Å². The fraction of sp³-hybridized carbons (Fsp3) is 0.833. The summed E-state index contributed by atoms with van der Waals surface area (Å²) < 4.78 is 0. The Morgan fingerprint density at radius 2 is 1.58 bits per heavy atom. The molecule has 0 aliphatic heterocycles. The first-order valence-electron chi connectivity index (χ1n) is 9.00. The van der Waals surface area contributed by atoms with Crippen LogP contribution in [0.2, 0.25) is 0 Å². The minimum Gasteiger partial charge on any atom is -0.390 e. The van der Waals surface area contributed by atoms with Crippen LogP contribution in [0.4, 0.5) is 0 Å². The van der Waals surface area contributed by atoms with E-state index in [9.17, 15) is 19.5 Å². The Morgan fingerprint density at radius 1 is 1.04 bits per heavy atom. The second-order valence-corrected chi connectivity index (χ2v) is 7.75. The van der Waals surface area contributed by atoms with Gasteiger partial charge in [0.1, 0.15) is 12.1 Å². The normalized spacial score (nSPS) is 14.0. The molecule has 152 valence electrons. The lowest BCUT2D eigenvalue weighted by atomic mass is 9.97. The van der Waals surface area contributed by atoms with Crippen LogP contribution < -0.4 is 5.73 Å². The minimum atomic E-state index is -1.16. The maximum Gasteiger partial charge on any atom is 0.245 e. The number of carbonyl (C=O) groups excluding carboxylic acids is 3. The van der Waals surface area contributed by atoms with Gasteiger partial charge in [-0.25, -0.2) is 0 Å². The molecule has 0 aromatic heterocycles. The van der Waals surface area contributed by atoms with Crippen molar-refractivity contribution in [1.82, 2.24) is 14.7 Å². The molecular weight excluding hydrogens is 336 g/mol. The molecule has 0 aromatic rings. The summed E-state index contributed by atoms with van der Waals surface area (Å²) in [6, 6.07) is -1.64. The third-order valence-electron chi connectivity index (χ3n) is 4.30. The standard InChI is InChI=1S/C18H36N4O4/c1-8-9-15(23)21(6)13(10-11-20(4)5)17(25)22(7)14(16(19)24)12-18(2,3)26/h13-14,26H,8-12H2,1-7H3,(H2,19,24)/t13-,14-/m0/s1. The van der Waals surface area contributed by atoms with Gasteiger partial charge < -0.3 is 25.5 Å². The van der Waals surface area contributed by atoms with Crippen LogP contribution >= 0.6 is 0 Å². The molecule has 0 fully saturated rings. The molecule has 0 aliphatic rings. The molecule has 0 radical (unpaired) electrons. The summed E-state index contributed by atoms with van der Waals surface area (Å²) in [6.07, 6.45) is 1.51. The van der Waals surface area contributed by atoms with Crippen molar-refractivity contribution in [2.24, 2.45) is 5.73 Å². The van der Waals surface area contributed by atoms with Crippen molar-refractivity contribution in [3.8, 4) is 0 Å². The number of likely N-dealkylation sites (N-methyl/N-ethyl adjacent to an activating group) is 2. The number of rotatable bonds is 11. The number of aliphatic hydroxyl groups is 1. The summed E-state index contributed by atoms with van der Waals surface area (Å²) in [4.78, 5) is 41.9. The highest BCUT2D eigenvalue weighted by Crippen LogP contribution is 2.18. The van der Waals surface area contributed by atoms with E-state index in [1.807, 2.05) is 25.9 Å². The van der Waals surface area contributed by atoms with Crippen LogP contribution in [-0.4, -0.2) is 89.9 Å². The molecule has 0 aromatic carbocycles. The topological polar surface area (TPSA) is 107 Å².